The largest absolute Gasteiger partial charge is 0.487 e. The quantitative estimate of drug-likeness (QED) is 0.802. The van der Waals surface area contributed by atoms with Crippen LogP contribution in [0.5, 0.6) is 5.75 Å². The van der Waals surface area contributed by atoms with Gasteiger partial charge < -0.3 is 9.64 Å². The Balaban J connectivity index is 2.01. The fraction of sp³-hybridized carbons (Fsp3) is 0.474. The number of rotatable bonds is 1. The number of ether oxygens (including phenoxy) is 1. The van der Waals surface area contributed by atoms with Crippen LogP contribution in [0.3, 0.4) is 0 Å². The van der Waals surface area contributed by atoms with Gasteiger partial charge in [-0.1, -0.05) is 6.07 Å². The first-order valence-electron chi connectivity index (χ1n) is 8.33. The van der Waals surface area contributed by atoms with Crippen molar-refractivity contribution in [2.45, 2.75) is 53.2 Å². The maximum Gasteiger partial charge on any atom is 0.261 e. The topological polar surface area (TPSA) is 47.4 Å². The number of anilines is 1. The van der Waals surface area contributed by atoms with Gasteiger partial charge in [-0.25, -0.2) is 0 Å². The van der Waals surface area contributed by atoms with Crippen molar-refractivity contribution in [1.29, 1.82) is 0 Å². The molecule has 5 heteroatoms. The zero-order valence-electron chi connectivity index (χ0n) is 15.3. The van der Waals surface area contributed by atoms with Crippen molar-refractivity contribution in [2.24, 2.45) is 0 Å². The summed E-state index contributed by atoms with van der Waals surface area (Å²) >= 11 is 0. The van der Waals surface area contributed by atoms with Crippen molar-refractivity contribution < 1.29 is 9.53 Å². The molecule has 5 nitrogen and oxygen atoms in total. The van der Waals surface area contributed by atoms with Crippen molar-refractivity contribution in [1.82, 2.24) is 9.78 Å². The molecule has 0 bridgehead atoms. The van der Waals surface area contributed by atoms with Crippen LogP contribution in [-0.2, 0) is 5.54 Å². The summed E-state index contributed by atoms with van der Waals surface area (Å²) in [6.07, 6.45) is 1.81. The van der Waals surface area contributed by atoms with E-state index in [2.05, 4.69) is 25.9 Å². The summed E-state index contributed by atoms with van der Waals surface area (Å²) in [5.74, 6) is 0.742. The van der Waals surface area contributed by atoms with Gasteiger partial charge in [-0.2, -0.15) is 5.10 Å². The van der Waals surface area contributed by atoms with E-state index in [9.17, 15) is 4.79 Å². The Bertz CT molecular complexity index is 786. The first-order chi connectivity index (χ1) is 11.2. The minimum absolute atomic E-state index is 0.0248. The maximum absolute atomic E-state index is 13.2. The van der Waals surface area contributed by atoms with Gasteiger partial charge in [0.2, 0.25) is 0 Å². The van der Waals surface area contributed by atoms with Crippen molar-refractivity contribution in [3.63, 3.8) is 0 Å². The van der Waals surface area contributed by atoms with E-state index < -0.39 is 0 Å². The van der Waals surface area contributed by atoms with Gasteiger partial charge in [-0.05, 0) is 59.2 Å². The monoisotopic (exact) mass is 327 g/mol. The standard InChI is InChI=1S/C19H25N3O2/c1-12-7-8-16-17(9-12)24-13(2)10-21(16)18(23)15-11-22(19(4,5)6)20-14(15)3/h7-9,11,13H,10H2,1-6H3. The number of carbonyl (C=O) groups excluding carboxylic acids is 1. The number of hydrogen-bond acceptors (Lipinski definition) is 3. The fourth-order valence-corrected chi connectivity index (χ4v) is 2.90. The van der Waals surface area contributed by atoms with Crippen molar-refractivity contribution in [3.8, 4) is 5.75 Å². The molecule has 0 spiro atoms. The van der Waals surface area contributed by atoms with Crippen LogP contribution in [0.15, 0.2) is 24.4 Å². The molecule has 0 saturated heterocycles. The second kappa shape index (κ2) is 5.65. The molecular formula is C19H25N3O2. The van der Waals surface area contributed by atoms with E-state index in [0.29, 0.717) is 12.1 Å². The van der Waals surface area contributed by atoms with Crippen LogP contribution >= 0.6 is 0 Å². The molecule has 0 radical (unpaired) electrons. The van der Waals surface area contributed by atoms with Gasteiger partial charge in [0.05, 0.1) is 29.0 Å². The van der Waals surface area contributed by atoms with E-state index in [0.717, 1.165) is 22.7 Å². The van der Waals surface area contributed by atoms with Crippen LogP contribution in [0.2, 0.25) is 0 Å². The Morgan fingerprint density at radius 3 is 2.62 bits per heavy atom. The lowest BCUT2D eigenvalue weighted by Crippen LogP contribution is -2.42. The van der Waals surface area contributed by atoms with Crippen LogP contribution < -0.4 is 9.64 Å². The van der Waals surface area contributed by atoms with Gasteiger partial charge in [0.1, 0.15) is 11.9 Å². The maximum atomic E-state index is 13.2. The first-order valence-corrected chi connectivity index (χ1v) is 8.33. The average Bonchev–Trinajstić information content (AvgIpc) is 2.87. The summed E-state index contributed by atoms with van der Waals surface area (Å²) in [6, 6.07) is 5.94. The molecule has 1 aliphatic heterocycles. The third-order valence-electron chi connectivity index (χ3n) is 4.24. The normalized spacial score (nSPS) is 17.4. The highest BCUT2D eigenvalue weighted by Crippen LogP contribution is 2.35. The lowest BCUT2D eigenvalue weighted by atomic mass is 10.1. The van der Waals surface area contributed by atoms with Crippen molar-refractivity contribution in [2.75, 3.05) is 11.4 Å². The molecule has 0 fully saturated rings. The third kappa shape index (κ3) is 2.90. The molecule has 2 heterocycles. The lowest BCUT2D eigenvalue weighted by Gasteiger charge is -2.33. The van der Waals surface area contributed by atoms with E-state index >= 15 is 0 Å². The zero-order valence-corrected chi connectivity index (χ0v) is 15.3. The average molecular weight is 327 g/mol. The van der Waals surface area contributed by atoms with Crippen molar-refractivity contribution in [3.05, 3.63) is 41.2 Å². The number of amides is 1. The number of fused-ring (bicyclic) bond motifs is 1. The highest BCUT2D eigenvalue weighted by Gasteiger charge is 2.30. The number of aryl methyl sites for hydroxylation is 2. The number of hydrogen-bond donors (Lipinski definition) is 0. The molecule has 1 aromatic heterocycles. The molecule has 0 saturated carbocycles. The molecule has 3 rings (SSSR count). The molecule has 0 N–H and O–H groups in total. The summed E-state index contributed by atoms with van der Waals surface area (Å²) in [5.41, 5.74) is 3.18. The zero-order chi connectivity index (χ0) is 17.6. The van der Waals surface area contributed by atoms with Crippen LogP contribution in [0.4, 0.5) is 5.69 Å². The molecule has 1 unspecified atom stereocenters. The van der Waals surface area contributed by atoms with Crippen molar-refractivity contribution >= 4 is 11.6 Å². The third-order valence-corrected chi connectivity index (χ3v) is 4.24. The van der Waals surface area contributed by atoms with Gasteiger partial charge in [0.25, 0.3) is 5.91 Å². The van der Waals surface area contributed by atoms with Gasteiger partial charge in [-0.3, -0.25) is 9.48 Å². The Hall–Kier alpha value is -2.30. The second-order valence-electron chi connectivity index (χ2n) is 7.56. The molecule has 1 atom stereocenters. The van der Waals surface area contributed by atoms with Crippen LogP contribution in [0.25, 0.3) is 0 Å². The predicted molar refractivity (Wildman–Crippen MR) is 94.9 cm³/mol. The first kappa shape index (κ1) is 16.6. The summed E-state index contributed by atoms with van der Waals surface area (Å²) in [7, 11) is 0. The summed E-state index contributed by atoms with van der Waals surface area (Å²) < 4.78 is 7.76. The Labute approximate surface area is 143 Å². The summed E-state index contributed by atoms with van der Waals surface area (Å²) in [5, 5.41) is 4.52. The number of benzene rings is 1. The Kier molecular flexibility index (Phi) is 3.90. The van der Waals surface area contributed by atoms with E-state index in [1.54, 1.807) is 4.90 Å². The minimum atomic E-state index is -0.156. The summed E-state index contributed by atoms with van der Waals surface area (Å²) in [4.78, 5) is 15.0. The fourth-order valence-electron chi connectivity index (χ4n) is 2.90. The highest BCUT2D eigenvalue weighted by molar-refractivity contribution is 6.07. The van der Waals surface area contributed by atoms with Gasteiger partial charge >= 0.3 is 0 Å². The molecule has 1 aliphatic rings. The number of carbonyl (C=O) groups is 1. The minimum Gasteiger partial charge on any atom is -0.487 e. The molecular weight excluding hydrogens is 302 g/mol. The van der Waals surface area contributed by atoms with E-state index in [4.69, 9.17) is 4.74 Å². The van der Waals surface area contributed by atoms with Crippen LogP contribution in [-0.4, -0.2) is 28.3 Å². The SMILES string of the molecule is Cc1ccc2c(c1)OC(C)CN2C(=O)c1cn(C(C)(C)C)nc1C. The Morgan fingerprint density at radius 1 is 1.29 bits per heavy atom. The van der Waals surface area contributed by atoms with E-state index in [1.807, 2.05) is 49.8 Å². The lowest BCUT2D eigenvalue weighted by molar-refractivity contribution is 0.0960. The molecule has 1 aromatic carbocycles. The molecule has 2 aromatic rings. The number of aromatic nitrogens is 2. The number of nitrogens with zero attached hydrogens (tertiary/aromatic N) is 3. The van der Waals surface area contributed by atoms with Gasteiger partial charge in [-0.15, -0.1) is 0 Å². The highest BCUT2D eigenvalue weighted by atomic mass is 16.5. The smallest absolute Gasteiger partial charge is 0.261 e. The second-order valence-corrected chi connectivity index (χ2v) is 7.56. The summed E-state index contributed by atoms with van der Waals surface area (Å²) in [6.45, 7) is 12.6. The molecule has 1 amide bonds. The predicted octanol–water partition coefficient (Wildman–Crippen LogP) is 3.68. The van der Waals surface area contributed by atoms with E-state index in [1.165, 1.54) is 0 Å². The molecule has 0 aliphatic carbocycles. The van der Waals surface area contributed by atoms with Crippen LogP contribution in [0.1, 0.15) is 49.3 Å². The van der Waals surface area contributed by atoms with Crippen LogP contribution in [0, 0.1) is 13.8 Å². The Morgan fingerprint density at radius 2 is 2.00 bits per heavy atom. The van der Waals surface area contributed by atoms with Gasteiger partial charge in [0.15, 0.2) is 0 Å². The van der Waals surface area contributed by atoms with Gasteiger partial charge in [0, 0.05) is 6.20 Å². The molecule has 128 valence electrons. The van der Waals surface area contributed by atoms with E-state index in [-0.39, 0.29) is 17.6 Å². The molecule has 24 heavy (non-hydrogen) atoms.